The van der Waals surface area contributed by atoms with Crippen LogP contribution >= 0.6 is 0 Å². The highest BCUT2D eigenvalue weighted by Crippen LogP contribution is 2.43. The van der Waals surface area contributed by atoms with Crippen molar-refractivity contribution in [2.24, 2.45) is 16.7 Å². The molecule has 0 aliphatic heterocycles. The minimum absolute atomic E-state index is 0.00936. The Balaban J connectivity index is 1.92. The van der Waals surface area contributed by atoms with Gasteiger partial charge < -0.3 is 9.47 Å². The summed E-state index contributed by atoms with van der Waals surface area (Å²) < 4.78 is 11.3. The van der Waals surface area contributed by atoms with Crippen molar-refractivity contribution in [3.8, 4) is 0 Å². The zero-order valence-corrected chi connectivity index (χ0v) is 33.1. The summed E-state index contributed by atoms with van der Waals surface area (Å²) in [4.78, 5) is 23.6. The van der Waals surface area contributed by atoms with Gasteiger partial charge in [-0.15, -0.1) is 0 Å². The lowest BCUT2D eigenvalue weighted by atomic mass is 9.67. The molecule has 0 aromatic carbocycles. The van der Waals surface area contributed by atoms with Gasteiger partial charge in [-0.25, -0.2) is 0 Å². The first kappa shape index (κ1) is 42.2. The van der Waals surface area contributed by atoms with Gasteiger partial charge in [-0.3, -0.25) is 9.59 Å². The third kappa shape index (κ3) is 14.5. The van der Waals surface area contributed by atoms with Gasteiger partial charge in [-0.2, -0.15) is 0 Å². The summed E-state index contributed by atoms with van der Waals surface area (Å²) in [7, 11) is 0. The van der Waals surface area contributed by atoms with Gasteiger partial charge in [-0.1, -0.05) is 160 Å². The summed E-state index contributed by atoms with van der Waals surface area (Å²) in [6.07, 6.45) is 35.2. The molecule has 0 amide bonds. The van der Waals surface area contributed by atoms with Crippen LogP contribution in [0, 0.1) is 16.7 Å². The van der Waals surface area contributed by atoms with Crippen LogP contribution in [0.1, 0.15) is 115 Å². The van der Waals surface area contributed by atoms with E-state index in [1.54, 1.807) is 0 Å². The molecule has 4 nitrogen and oxygen atoms in total. The van der Waals surface area contributed by atoms with E-state index < -0.39 is 0 Å². The van der Waals surface area contributed by atoms with E-state index in [1.165, 1.54) is 39.0 Å². The molecule has 0 aromatic heterocycles. The highest BCUT2D eigenvalue weighted by Gasteiger charge is 2.36. The molecule has 0 heterocycles. The molecule has 272 valence electrons. The third-order valence-corrected chi connectivity index (χ3v) is 9.46. The number of carbonyl (C=O) groups excluding carboxylic acids is 2. The molecule has 0 bridgehead atoms. The Hall–Kier alpha value is -3.92. The normalized spacial score (nSPS) is 23.9. The Kier molecular flexibility index (Phi) is 16.9. The van der Waals surface area contributed by atoms with E-state index in [0.29, 0.717) is 18.8 Å². The minimum Gasteiger partial charge on any atom is -0.462 e. The van der Waals surface area contributed by atoms with Gasteiger partial charge >= 0.3 is 11.9 Å². The molecule has 0 saturated carbocycles. The number of esters is 2. The molecule has 0 N–H and O–H groups in total. The Bertz CT molecular complexity index is 1540. The summed E-state index contributed by atoms with van der Waals surface area (Å²) in [5.74, 6) is 0.0460. The Morgan fingerprint density at radius 2 is 1.22 bits per heavy atom. The van der Waals surface area contributed by atoms with Crippen molar-refractivity contribution < 1.29 is 19.1 Å². The van der Waals surface area contributed by atoms with Crippen molar-refractivity contribution in [3.05, 3.63) is 130 Å². The summed E-state index contributed by atoms with van der Waals surface area (Å²) >= 11 is 0. The molecule has 0 radical (unpaired) electrons. The van der Waals surface area contributed by atoms with Gasteiger partial charge in [0, 0.05) is 25.2 Å². The molecule has 3 atom stereocenters. The number of hydrogen-bond donors (Lipinski definition) is 0. The van der Waals surface area contributed by atoms with Crippen LogP contribution in [0.2, 0.25) is 0 Å². The fraction of sp³-hybridized carbons (Fsp3) is 0.478. The Labute approximate surface area is 304 Å². The Morgan fingerprint density at radius 1 is 0.720 bits per heavy atom. The molecule has 4 heteroatoms. The monoisotopic (exact) mass is 680 g/mol. The lowest BCUT2D eigenvalue weighted by molar-refractivity contribution is -0.150. The van der Waals surface area contributed by atoms with Crippen molar-refractivity contribution in [3.63, 3.8) is 0 Å². The zero-order valence-electron chi connectivity index (χ0n) is 33.1. The predicted octanol–water partition coefficient (Wildman–Crippen LogP) is 12.3. The average molecular weight is 681 g/mol. The van der Waals surface area contributed by atoms with Gasteiger partial charge in [0.05, 0.1) is 0 Å². The average Bonchev–Trinajstić information content (AvgIpc) is 3.01. The maximum atomic E-state index is 11.8. The van der Waals surface area contributed by atoms with Gasteiger partial charge in [0.25, 0.3) is 0 Å². The molecule has 0 saturated heterocycles. The van der Waals surface area contributed by atoms with Gasteiger partial charge in [0.1, 0.15) is 12.2 Å². The van der Waals surface area contributed by atoms with Crippen LogP contribution < -0.4 is 0 Å². The molecule has 2 aliphatic carbocycles. The van der Waals surface area contributed by atoms with Crippen LogP contribution in [-0.2, 0) is 19.1 Å². The van der Waals surface area contributed by atoms with E-state index in [9.17, 15) is 9.59 Å². The molecule has 0 fully saturated rings. The van der Waals surface area contributed by atoms with Gasteiger partial charge in [-0.05, 0) is 76.9 Å². The van der Waals surface area contributed by atoms with E-state index in [2.05, 4.69) is 160 Å². The first-order chi connectivity index (χ1) is 23.5. The number of ether oxygens (including phenoxy) is 2. The van der Waals surface area contributed by atoms with Gasteiger partial charge in [0.15, 0.2) is 0 Å². The molecule has 0 unspecified atom stereocenters. The summed E-state index contributed by atoms with van der Waals surface area (Å²) in [5, 5.41) is 0. The maximum Gasteiger partial charge on any atom is 0.306 e. The summed E-state index contributed by atoms with van der Waals surface area (Å²) in [6.45, 7) is 25.4. The first-order valence-electron chi connectivity index (χ1n) is 18.3. The second kappa shape index (κ2) is 20.1. The maximum absolute atomic E-state index is 11.8. The lowest BCUT2D eigenvalue weighted by Gasteiger charge is -2.39. The van der Waals surface area contributed by atoms with Crippen LogP contribution in [0.5, 0.6) is 0 Å². The second-order valence-electron chi connectivity index (χ2n) is 15.4. The SMILES string of the molecule is CCC(=O)O[C@@H]1CC(C)=C(/C=C/C(C)=C/C=C/C(C)=C/C=C/C=C(C)/C=C/C=C(C)/C=C/[C@H]2C(C)=C[C@H](OC(=O)CC)CC2(C)C)C(C)(C)C1. The standard InChI is InChI=1S/C46H64O4/c1-13-43(47)49-39-29-37(7)41(45(9,10)31-39)27-25-35(5)23-17-21-33(3)19-15-16-20-34(4)22-18-24-36(6)26-28-42-38(8)30-40(32-46(42,11)12)50-44(48)14-2/h15-29,39-41H,13-14,30-32H2,1-12H3/b16-15+,21-17+,22-18+,27-25+,28-26+,33-19+,34-20+,35-23+,36-24+/t39-,40+,41-/m0/s1. The summed E-state index contributed by atoms with van der Waals surface area (Å²) in [5.41, 5.74) is 8.55. The van der Waals surface area contributed by atoms with E-state index in [1.807, 2.05) is 13.8 Å². The van der Waals surface area contributed by atoms with Crippen molar-refractivity contribution in [2.75, 3.05) is 0 Å². The molecule has 2 aliphatic rings. The van der Waals surface area contributed by atoms with E-state index in [-0.39, 0.29) is 35.0 Å². The lowest BCUT2D eigenvalue weighted by Crippen LogP contribution is -2.34. The highest BCUT2D eigenvalue weighted by molar-refractivity contribution is 5.69. The van der Waals surface area contributed by atoms with Gasteiger partial charge in [0.2, 0.25) is 0 Å². The first-order valence-corrected chi connectivity index (χ1v) is 18.3. The minimum atomic E-state index is -0.140. The van der Waals surface area contributed by atoms with Crippen LogP contribution in [0.4, 0.5) is 0 Å². The molecule has 0 spiro atoms. The van der Waals surface area contributed by atoms with Crippen molar-refractivity contribution in [1.82, 2.24) is 0 Å². The molecule has 50 heavy (non-hydrogen) atoms. The largest absolute Gasteiger partial charge is 0.462 e. The third-order valence-electron chi connectivity index (χ3n) is 9.46. The predicted molar refractivity (Wildman–Crippen MR) is 212 cm³/mol. The quantitative estimate of drug-likeness (QED) is 0.104. The number of allylic oxidation sites excluding steroid dienone is 20. The molecular formula is C46H64O4. The van der Waals surface area contributed by atoms with Crippen molar-refractivity contribution >= 4 is 11.9 Å². The zero-order chi connectivity index (χ0) is 37.5. The van der Waals surface area contributed by atoms with Crippen molar-refractivity contribution in [2.45, 2.75) is 127 Å². The number of carbonyl (C=O) groups is 2. The van der Waals surface area contributed by atoms with Crippen LogP contribution in [0.25, 0.3) is 0 Å². The van der Waals surface area contributed by atoms with E-state index in [0.717, 1.165) is 19.3 Å². The fourth-order valence-electron chi connectivity index (χ4n) is 6.76. The number of rotatable bonds is 14. The highest BCUT2D eigenvalue weighted by atomic mass is 16.5. The second-order valence-corrected chi connectivity index (χ2v) is 15.4. The molecule has 0 aromatic rings. The van der Waals surface area contributed by atoms with E-state index in [4.69, 9.17) is 9.47 Å². The van der Waals surface area contributed by atoms with E-state index >= 15 is 0 Å². The number of hydrogen-bond acceptors (Lipinski definition) is 4. The summed E-state index contributed by atoms with van der Waals surface area (Å²) in [6, 6.07) is 0. The van der Waals surface area contributed by atoms with Crippen LogP contribution in [0.3, 0.4) is 0 Å². The Morgan fingerprint density at radius 3 is 1.74 bits per heavy atom. The molecule has 2 rings (SSSR count). The smallest absolute Gasteiger partial charge is 0.306 e. The van der Waals surface area contributed by atoms with Crippen LogP contribution in [0.15, 0.2) is 130 Å². The van der Waals surface area contributed by atoms with Crippen LogP contribution in [-0.4, -0.2) is 24.1 Å². The molecular weight excluding hydrogens is 617 g/mol. The van der Waals surface area contributed by atoms with Crippen molar-refractivity contribution in [1.29, 1.82) is 0 Å². The topological polar surface area (TPSA) is 52.6 Å². The fourth-order valence-corrected chi connectivity index (χ4v) is 6.76.